The van der Waals surface area contributed by atoms with E-state index in [9.17, 15) is 4.79 Å². The van der Waals surface area contributed by atoms with E-state index in [1.807, 2.05) is 33.8 Å². The van der Waals surface area contributed by atoms with E-state index >= 15 is 0 Å². The predicted octanol–water partition coefficient (Wildman–Crippen LogP) is 2.86. The number of rotatable bonds is 6. The number of hydrogen-bond donors (Lipinski definition) is 2. The number of H-pyrrole nitrogens is 1. The highest BCUT2D eigenvalue weighted by Crippen LogP contribution is 2.23. The van der Waals surface area contributed by atoms with E-state index in [2.05, 4.69) is 26.6 Å². The molecule has 0 aliphatic heterocycles. The number of carbonyl (C=O) groups excluding carboxylic acids is 1. The second kappa shape index (κ2) is 7.31. The SMILES string of the molecule is CCSc1n[nH]c(NC(=O)COc2cc(C)cc(C)c2C)n1. The molecule has 0 spiro atoms. The van der Waals surface area contributed by atoms with Crippen LogP contribution in [0.5, 0.6) is 5.75 Å². The van der Waals surface area contributed by atoms with Crippen molar-refractivity contribution in [3.05, 3.63) is 28.8 Å². The molecule has 2 rings (SSSR count). The number of amides is 1. The average Bonchev–Trinajstić information content (AvgIpc) is 2.89. The molecular weight excluding hydrogens is 300 g/mol. The number of ether oxygens (including phenoxy) is 1. The van der Waals surface area contributed by atoms with Crippen LogP contribution in [0.1, 0.15) is 23.6 Å². The van der Waals surface area contributed by atoms with E-state index in [1.54, 1.807) is 0 Å². The Labute approximate surface area is 134 Å². The van der Waals surface area contributed by atoms with Crippen molar-refractivity contribution >= 4 is 23.6 Å². The molecule has 1 heterocycles. The Hall–Kier alpha value is -2.02. The number of aryl methyl sites for hydroxylation is 2. The molecule has 0 bridgehead atoms. The average molecular weight is 320 g/mol. The summed E-state index contributed by atoms with van der Waals surface area (Å²) in [5, 5.41) is 9.91. The van der Waals surface area contributed by atoms with Crippen LogP contribution >= 0.6 is 11.8 Å². The van der Waals surface area contributed by atoms with Gasteiger partial charge in [0.25, 0.3) is 5.91 Å². The fourth-order valence-electron chi connectivity index (χ4n) is 1.96. The van der Waals surface area contributed by atoms with E-state index in [-0.39, 0.29) is 12.5 Å². The molecule has 22 heavy (non-hydrogen) atoms. The van der Waals surface area contributed by atoms with Crippen LogP contribution in [0, 0.1) is 20.8 Å². The van der Waals surface area contributed by atoms with Crippen LogP contribution < -0.4 is 10.1 Å². The van der Waals surface area contributed by atoms with Gasteiger partial charge in [-0.1, -0.05) is 24.8 Å². The summed E-state index contributed by atoms with van der Waals surface area (Å²) in [5.41, 5.74) is 3.29. The Bertz CT molecular complexity index is 670. The second-order valence-corrected chi connectivity index (χ2v) is 6.17. The van der Waals surface area contributed by atoms with Crippen molar-refractivity contribution in [2.75, 3.05) is 17.7 Å². The minimum Gasteiger partial charge on any atom is -0.483 e. The third kappa shape index (κ3) is 4.24. The molecule has 6 nitrogen and oxygen atoms in total. The van der Waals surface area contributed by atoms with E-state index in [1.165, 1.54) is 11.8 Å². The van der Waals surface area contributed by atoms with Gasteiger partial charge in [-0.25, -0.2) is 5.10 Å². The van der Waals surface area contributed by atoms with Gasteiger partial charge in [0.15, 0.2) is 6.61 Å². The smallest absolute Gasteiger partial charge is 0.264 e. The number of aromatic amines is 1. The van der Waals surface area contributed by atoms with Crippen LogP contribution in [0.3, 0.4) is 0 Å². The number of carbonyl (C=O) groups is 1. The Kier molecular flexibility index (Phi) is 5.43. The van der Waals surface area contributed by atoms with E-state index in [0.29, 0.717) is 11.1 Å². The topological polar surface area (TPSA) is 79.9 Å². The number of benzene rings is 1. The molecule has 0 aliphatic rings. The molecule has 1 amide bonds. The third-order valence-electron chi connectivity index (χ3n) is 3.12. The molecule has 0 saturated carbocycles. The molecule has 2 N–H and O–H groups in total. The van der Waals surface area contributed by atoms with Gasteiger partial charge < -0.3 is 4.74 Å². The molecule has 0 atom stereocenters. The van der Waals surface area contributed by atoms with Gasteiger partial charge >= 0.3 is 0 Å². The van der Waals surface area contributed by atoms with Gasteiger partial charge in [0.2, 0.25) is 11.1 Å². The number of nitrogens with zero attached hydrogens (tertiary/aromatic N) is 2. The zero-order chi connectivity index (χ0) is 16.1. The van der Waals surface area contributed by atoms with Gasteiger partial charge in [-0.3, -0.25) is 10.1 Å². The summed E-state index contributed by atoms with van der Waals surface area (Å²) in [6.45, 7) is 7.95. The molecule has 0 unspecified atom stereocenters. The molecule has 7 heteroatoms. The number of nitrogens with one attached hydrogen (secondary N) is 2. The Balaban J connectivity index is 1.92. The summed E-state index contributed by atoms with van der Waals surface area (Å²) < 4.78 is 5.61. The van der Waals surface area contributed by atoms with Crippen molar-refractivity contribution in [3.8, 4) is 5.75 Å². The predicted molar refractivity (Wildman–Crippen MR) is 87.6 cm³/mol. The lowest BCUT2D eigenvalue weighted by molar-refractivity contribution is -0.118. The third-order valence-corrected chi connectivity index (χ3v) is 3.85. The fourth-order valence-corrected chi connectivity index (χ4v) is 2.48. The first-order chi connectivity index (χ1) is 10.5. The van der Waals surface area contributed by atoms with Crippen molar-refractivity contribution in [2.24, 2.45) is 0 Å². The summed E-state index contributed by atoms with van der Waals surface area (Å²) in [6, 6.07) is 4.02. The second-order valence-electron chi connectivity index (χ2n) is 4.94. The maximum absolute atomic E-state index is 11.9. The summed E-state index contributed by atoms with van der Waals surface area (Å²) >= 11 is 1.50. The largest absolute Gasteiger partial charge is 0.483 e. The minimum atomic E-state index is -0.275. The fraction of sp³-hybridized carbons (Fsp3) is 0.400. The van der Waals surface area contributed by atoms with Crippen molar-refractivity contribution in [1.82, 2.24) is 15.2 Å². The monoisotopic (exact) mass is 320 g/mol. The van der Waals surface area contributed by atoms with Crippen LogP contribution in [-0.4, -0.2) is 33.4 Å². The maximum atomic E-state index is 11.9. The molecule has 2 aromatic rings. The highest BCUT2D eigenvalue weighted by atomic mass is 32.2. The van der Waals surface area contributed by atoms with Crippen LogP contribution in [0.2, 0.25) is 0 Å². The van der Waals surface area contributed by atoms with E-state index < -0.39 is 0 Å². The normalized spacial score (nSPS) is 10.5. The van der Waals surface area contributed by atoms with Crippen LogP contribution in [0.4, 0.5) is 5.95 Å². The maximum Gasteiger partial charge on any atom is 0.264 e. The molecule has 0 saturated heterocycles. The van der Waals surface area contributed by atoms with Crippen LogP contribution in [0.25, 0.3) is 0 Å². The number of aromatic nitrogens is 3. The van der Waals surface area contributed by atoms with Gasteiger partial charge in [0.05, 0.1) is 0 Å². The zero-order valence-corrected chi connectivity index (χ0v) is 14.0. The highest BCUT2D eigenvalue weighted by Gasteiger charge is 2.10. The number of thioether (sulfide) groups is 1. The van der Waals surface area contributed by atoms with E-state index in [4.69, 9.17) is 4.74 Å². The Morgan fingerprint density at radius 2 is 2.14 bits per heavy atom. The van der Waals surface area contributed by atoms with Gasteiger partial charge in [-0.15, -0.1) is 5.10 Å². The number of anilines is 1. The van der Waals surface area contributed by atoms with Crippen molar-refractivity contribution in [1.29, 1.82) is 0 Å². The van der Waals surface area contributed by atoms with Crippen LogP contribution in [0.15, 0.2) is 17.3 Å². The van der Waals surface area contributed by atoms with Gasteiger partial charge in [0, 0.05) is 0 Å². The Morgan fingerprint density at radius 3 is 2.86 bits per heavy atom. The van der Waals surface area contributed by atoms with Gasteiger partial charge in [-0.2, -0.15) is 4.98 Å². The first kappa shape index (κ1) is 16.4. The lowest BCUT2D eigenvalue weighted by Crippen LogP contribution is -2.21. The molecule has 1 aromatic carbocycles. The molecule has 0 aliphatic carbocycles. The van der Waals surface area contributed by atoms with Crippen LogP contribution in [-0.2, 0) is 4.79 Å². The summed E-state index contributed by atoms with van der Waals surface area (Å²) in [4.78, 5) is 16.1. The first-order valence-corrected chi connectivity index (χ1v) is 8.04. The summed E-state index contributed by atoms with van der Waals surface area (Å²) in [6.07, 6.45) is 0. The van der Waals surface area contributed by atoms with Gasteiger partial charge in [0.1, 0.15) is 5.75 Å². The van der Waals surface area contributed by atoms with Crippen molar-refractivity contribution < 1.29 is 9.53 Å². The molecular formula is C15H20N4O2S. The van der Waals surface area contributed by atoms with Crippen molar-refractivity contribution in [3.63, 3.8) is 0 Å². The highest BCUT2D eigenvalue weighted by molar-refractivity contribution is 7.99. The summed E-state index contributed by atoms with van der Waals surface area (Å²) in [5.74, 6) is 1.66. The molecule has 1 aromatic heterocycles. The molecule has 0 fully saturated rings. The Morgan fingerprint density at radius 1 is 1.36 bits per heavy atom. The number of hydrogen-bond acceptors (Lipinski definition) is 5. The molecule has 0 radical (unpaired) electrons. The zero-order valence-electron chi connectivity index (χ0n) is 13.2. The standard InChI is InChI=1S/C15H20N4O2S/c1-5-22-15-17-14(18-19-15)16-13(20)8-21-12-7-9(2)6-10(3)11(12)4/h6-7H,5,8H2,1-4H3,(H2,16,17,18,19,20). The lowest BCUT2D eigenvalue weighted by Gasteiger charge is -2.11. The van der Waals surface area contributed by atoms with Gasteiger partial charge in [-0.05, 0) is 49.3 Å². The van der Waals surface area contributed by atoms with E-state index in [0.717, 1.165) is 28.2 Å². The molecule has 118 valence electrons. The first-order valence-electron chi connectivity index (χ1n) is 7.05. The summed E-state index contributed by atoms with van der Waals surface area (Å²) in [7, 11) is 0. The quantitative estimate of drug-likeness (QED) is 0.800. The lowest BCUT2D eigenvalue weighted by atomic mass is 10.1. The minimum absolute atomic E-state index is 0.0688. The van der Waals surface area contributed by atoms with Crippen molar-refractivity contribution in [2.45, 2.75) is 32.9 Å².